The highest BCUT2D eigenvalue weighted by molar-refractivity contribution is 5.81. The first-order valence-corrected chi connectivity index (χ1v) is 6.70. The molecule has 1 fully saturated rings. The first-order valence-electron chi connectivity index (χ1n) is 6.70. The van der Waals surface area contributed by atoms with E-state index < -0.39 is 18.2 Å². The third-order valence-corrected chi connectivity index (χ3v) is 4.21. The molecule has 0 spiro atoms. The van der Waals surface area contributed by atoms with Crippen molar-refractivity contribution in [3.8, 4) is 0 Å². The molecule has 19 heavy (non-hydrogen) atoms. The van der Waals surface area contributed by atoms with E-state index in [-0.39, 0.29) is 23.8 Å². The third-order valence-electron chi connectivity index (χ3n) is 4.21. The van der Waals surface area contributed by atoms with Crippen LogP contribution in [0.5, 0.6) is 0 Å². The van der Waals surface area contributed by atoms with Crippen LogP contribution in [0.25, 0.3) is 0 Å². The van der Waals surface area contributed by atoms with Gasteiger partial charge in [-0.25, -0.2) is 0 Å². The molecule has 1 heterocycles. The second kappa shape index (κ2) is 6.13. The quantitative estimate of drug-likeness (QED) is 0.608. The molecule has 110 valence electrons. The van der Waals surface area contributed by atoms with E-state index in [1.807, 2.05) is 31.0 Å². The summed E-state index contributed by atoms with van der Waals surface area (Å²) in [6, 6.07) is -0.952. The van der Waals surface area contributed by atoms with Gasteiger partial charge < -0.3 is 15.9 Å². The van der Waals surface area contributed by atoms with Gasteiger partial charge >= 0.3 is 0 Å². The summed E-state index contributed by atoms with van der Waals surface area (Å²) in [5.41, 5.74) is 4.79. The zero-order valence-corrected chi connectivity index (χ0v) is 12.2. The van der Waals surface area contributed by atoms with E-state index in [4.69, 9.17) is 5.73 Å². The van der Waals surface area contributed by atoms with Crippen molar-refractivity contribution in [1.82, 2.24) is 4.90 Å². The van der Waals surface area contributed by atoms with E-state index in [1.165, 1.54) is 6.92 Å². The lowest BCUT2D eigenvalue weighted by molar-refractivity contribution is -0.121. The smallest absolute Gasteiger partial charge is 0.146 e. The summed E-state index contributed by atoms with van der Waals surface area (Å²) in [6.07, 6.45) is 4.67. The summed E-state index contributed by atoms with van der Waals surface area (Å²) in [4.78, 5) is 13.6. The Morgan fingerprint density at radius 1 is 1.63 bits per heavy atom. The Hall–Kier alpha value is -0.750. The summed E-state index contributed by atoms with van der Waals surface area (Å²) in [5, 5.41) is 19.4. The predicted octanol–water partition coefficient (Wildman–Crippen LogP) is -0.0890. The molecule has 1 aliphatic heterocycles. The number of likely N-dealkylation sites (tertiary alicyclic amines) is 1. The molecule has 0 aromatic carbocycles. The van der Waals surface area contributed by atoms with Crippen LogP contribution in [-0.2, 0) is 4.79 Å². The van der Waals surface area contributed by atoms with Crippen LogP contribution in [0.4, 0.5) is 0 Å². The van der Waals surface area contributed by atoms with Gasteiger partial charge in [0, 0.05) is 6.04 Å². The number of ketones is 1. The second-order valence-electron chi connectivity index (χ2n) is 5.75. The molecule has 5 heteroatoms. The molecule has 5 atom stereocenters. The van der Waals surface area contributed by atoms with E-state index in [2.05, 4.69) is 0 Å². The number of hydrogen-bond acceptors (Lipinski definition) is 5. The van der Waals surface area contributed by atoms with Crippen molar-refractivity contribution in [1.29, 1.82) is 0 Å². The molecule has 0 radical (unpaired) electrons. The Morgan fingerprint density at radius 3 is 2.63 bits per heavy atom. The molecule has 3 unspecified atom stereocenters. The van der Waals surface area contributed by atoms with Gasteiger partial charge in [-0.3, -0.25) is 9.69 Å². The number of allylic oxidation sites excluding steroid dienone is 1. The lowest BCUT2D eigenvalue weighted by Gasteiger charge is -2.38. The third kappa shape index (κ3) is 3.23. The minimum Gasteiger partial charge on any atom is -0.393 e. The Labute approximate surface area is 115 Å². The van der Waals surface area contributed by atoms with E-state index in [1.54, 1.807) is 6.92 Å². The van der Waals surface area contributed by atoms with Crippen LogP contribution in [0.2, 0.25) is 0 Å². The summed E-state index contributed by atoms with van der Waals surface area (Å²) in [6.45, 7) is 4.63. The van der Waals surface area contributed by atoms with E-state index in [0.717, 1.165) is 0 Å². The summed E-state index contributed by atoms with van der Waals surface area (Å²) < 4.78 is 0. The molecule has 1 aliphatic rings. The predicted molar refractivity (Wildman–Crippen MR) is 74.6 cm³/mol. The maximum atomic E-state index is 11.7. The van der Waals surface area contributed by atoms with Crippen LogP contribution in [0, 0.1) is 5.92 Å². The summed E-state index contributed by atoms with van der Waals surface area (Å²) in [7, 11) is 1.85. The molecule has 0 aromatic heterocycles. The zero-order chi connectivity index (χ0) is 14.8. The number of likely N-dealkylation sites (N-methyl/N-ethyl adjacent to an activating group) is 1. The number of rotatable bonds is 5. The number of carbonyl (C=O) groups is 1. The maximum absolute atomic E-state index is 11.7. The van der Waals surface area contributed by atoms with Gasteiger partial charge in [-0.15, -0.1) is 0 Å². The normalized spacial score (nSPS) is 33.5. The number of nitrogens with two attached hydrogens (primary N) is 1. The molecule has 5 nitrogen and oxygen atoms in total. The number of hydrogen-bond donors (Lipinski definition) is 3. The molecular weight excluding hydrogens is 244 g/mol. The average molecular weight is 270 g/mol. The molecule has 4 N–H and O–H groups in total. The fourth-order valence-corrected chi connectivity index (χ4v) is 2.96. The van der Waals surface area contributed by atoms with Gasteiger partial charge in [0.15, 0.2) is 0 Å². The Morgan fingerprint density at radius 2 is 2.21 bits per heavy atom. The lowest BCUT2D eigenvalue weighted by atomic mass is 9.84. The van der Waals surface area contributed by atoms with Crippen LogP contribution in [0.3, 0.4) is 0 Å². The standard InChI is InChI=1S/C14H26N2O3/c1-5-6-10-7-11(9(2)18)16(4)12(10)13(15)14(3,19)8-17/h5-6,10-13,17,19H,7-8,15H2,1-4H3/b6-5-/t10-,11-,12?,13?,14?/m1/s1. The minimum absolute atomic E-state index is 0.107. The van der Waals surface area contributed by atoms with Crippen molar-refractivity contribution in [2.75, 3.05) is 13.7 Å². The van der Waals surface area contributed by atoms with E-state index >= 15 is 0 Å². The van der Waals surface area contributed by atoms with Crippen molar-refractivity contribution in [2.24, 2.45) is 11.7 Å². The summed E-state index contributed by atoms with van der Waals surface area (Å²) in [5.74, 6) is 0.215. The highest BCUT2D eigenvalue weighted by atomic mass is 16.3. The van der Waals surface area contributed by atoms with Crippen molar-refractivity contribution in [3.63, 3.8) is 0 Å². The molecule has 0 amide bonds. The maximum Gasteiger partial charge on any atom is 0.146 e. The Kier molecular flexibility index (Phi) is 5.26. The Bertz CT molecular complexity index is 355. The first-order chi connectivity index (χ1) is 8.76. The van der Waals surface area contributed by atoms with Crippen molar-refractivity contribution in [3.05, 3.63) is 12.2 Å². The topological polar surface area (TPSA) is 86.8 Å². The summed E-state index contributed by atoms with van der Waals surface area (Å²) >= 11 is 0. The second-order valence-corrected chi connectivity index (χ2v) is 5.75. The highest BCUT2D eigenvalue weighted by Gasteiger charge is 2.47. The van der Waals surface area contributed by atoms with E-state index in [9.17, 15) is 15.0 Å². The minimum atomic E-state index is -1.36. The van der Waals surface area contributed by atoms with Gasteiger partial charge in [0.1, 0.15) is 11.4 Å². The van der Waals surface area contributed by atoms with Crippen LogP contribution in [0.15, 0.2) is 12.2 Å². The highest BCUT2D eigenvalue weighted by Crippen LogP contribution is 2.34. The Balaban J connectivity index is 3.03. The number of carbonyl (C=O) groups excluding carboxylic acids is 1. The van der Waals surface area contributed by atoms with Crippen molar-refractivity contribution >= 4 is 5.78 Å². The molecule has 0 saturated carbocycles. The van der Waals surface area contributed by atoms with Gasteiger partial charge in [-0.05, 0) is 40.2 Å². The molecular formula is C14H26N2O3. The molecule has 0 aliphatic carbocycles. The van der Waals surface area contributed by atoms with Crippen molar-refractivity contribution < 1.29 is 15.0 Å². The average Bonchev–Trinajstić information content (AvgIpc) is 2.66. The molecule has 1 saturated heterocycles. The van der Waals surface area contributed by atoms with Crippen molar-refractivity contribution in [2.45, 2.75) is 50.9 Å². The van der Waals surface area contributed by atoms with E-state index in [0.29, 0.717) is 6.42 Å². The largest absolute Gasteiger partial charge is 0.393 e. The fraction of sp³-hybridized carbons (Fsp3) is 0.786. The van der Waals surface area contributed by atoms with Crippen LogP contribution in [0.1, 0.15) is 27.2 Å². The molecule has 1 rings (SSSR count). The lowest BCUT2D eigenvalue weighted by Crippen LogP contribution is -2.60. The monoisotopic (exact) mass is 270 g/mol. The van der Waals surface area contributed by atoms with Crippen LogP contribution in [-0.4, -0.2) is 58.3 Å². The van der Waals surface area contributed by atoms with Crippen LogP contribution >= 0.6 is 0 Å². The van der Waals surface area contributed by atoms with Gasteiger partial charge in [0.05, 0.1) is 18.7 Å². The number of aliphatic hydroxyl groups excluding tert-OH is 1. The fourth-order valence-electron chi connectivity index (χ4n) is 2.96. The zero-order valence-electron chi connectivity index (χ0n) is 12.2. The van der Waals surface area contributed by atoms with Gasteiger partial charge in [0.25, 0.3) is 0 Å². The SMILES string of the molecule is C/C=C\[C@@H]1C[C@H](C(C)=O)N(C)C1C(N)C(C)(O)CO. The number of aliphatic hydroxyl groups is 2. The molecule has 0 bridgehead atoms. The van der Waals surface area contributed by atoms with Crippen LogP contribution < -0.4 is 5.73 Å². The number of Topliss-reactive ketones (excluding diaryl/α,β-unsaturated/α-hetero) is 1. The van der Waals surface area contributed by atoms with Gasteiger partial charge in [0.2, 0.25) is 0 Å². The molecule has 0 aromatic rings. The van der Waals surface area contributed by atoms with Gasteiger partial charge in [-0.1, -0.05) is 12.2 Å². The first kappa shape index (κ1) is 16.3. The number of nitrogens with zero attached hydrogens (tertiary/aromatic N) is 1. The van der Waals surface area contributed by atoms with Gasteiger partial charge in [-0.2, -0.15) is 0 Å².